The van der Waals surface area contributed by atoms with E-state index in [1.165, 1.54) is 0 Å². The number of ether oxygens (including phenoxy) is 1. The molecule has 0 unspecified atom stereocenters. The first-order valence-electron chi connectivity index (χ1n) is 7.69. The first-order valence-corrected chi connectivity index (χ1v) is 7.69. The Morgan fingerprint density at radius 1 is 1.09 bits per heavy atom. The summed E-state index contributed by atoms with van der Waals surface area (Å²) in [6, 6.07) is 17.7. The zero-order valence-corrected chi connectivity index (χ0v) is 13.4. The van der Waals surface area contributed by atoms with Crippen molar-refractivity contribution in [1.82, 2.24) is 5.32 Å². The molecule has 2 aromatic carbocycles. The number of nitrogens with one attached hydrogen (secondary N) is 1. The summed E-state index contributed by atoms with van der Waals surface area (Å²) in [6.45, 7) is 5.81. The molecule has 0 spiro atoms. The van der Waals surface area contributed by atoms with Gasteiger partial charge in [0.2, 0.25) is 0 Å². The standard InChI is InChI=1S/C19H23NO2/c1-4-17(16-11-6-5-7-12-16)20-19(21)15(3)22-18-13-9-8-10-14(18)2/h5-13,15,17H,4H2,1-3H3,(H,20,21)/t15-,17+/m0/s1. The number of hydrogen-bond acceptors (Lipinski definition) is 2. The van der Waals surface area contributed by atoms with Crippen LogP contribution in [0.3, 0.4) is 0 Å². The van der Waals surface area contributed by atoms with Crippen molar-refractivity contribution in [1.29, 1.82) is 0 Å². The van der Waals surface area contributed by atoms with Crippen LogP contribution in [0.1, 0.15) is 37.4 Å². The highest BCUT2D eigenvalue weighted by Gasteiger charge is 2.19. The predicted molar refractivity (Wildman–Crippen MR) is 88.9 cm³/mol. The molecule has 116 valence electrons. The number of carbonyl (C=O) groups is 1. The molecule has 1 N–H and O–H groups in total. The van der Waals surface area contributed by atoms with E-state index in [0.29, 0.717) is 0 Å². The molecule has 2 aromatic rings. The molecule has 0 heterocycles. The first-order chi connectivity index (χ1) is 10.6. The Labute approximate surface area is 132 Å². The van der Waals surface area contributed by atoms with Gasteiger partial charge in [0, 0.05) is 0 Å². The maximum atomic E-state index is 12.4. The van der Waals surface area contributed by atoms with Crippen molar-refractivity contribution in [2.75, 3.05) is 0 Å². The molecule has 0 aliphatic heterocycles. The smallest absolute Gasteiger partial charge is 0.261 e. The fourth-order valence-corrected chi connectivity index (χ4v) is 2.33. The third-order valence-corrected chi connectivity index (χ3v) is 3.69. The van der Waals surface area contributed by atoms with Gasteiger partial charge >= 0.3 is 0 Å². The van der Waals surface area contributed by atoms with Crippen LogP contribution in [-0.2, 0) is 4.79 Å². The van der Waals surface area contributed by atoms with Crippen molar-refractivity contribution < 1.29 is 9.53 Å². The summed E-state index contributed by atoms with van der Waals surface area (Å²) in [7, 11) is 0. The van der Waals surface area contributed by atoms with E-state index in [-0.39, 0.29) is 11.9 Å². The molecule has 0 bridgehead atoms. The summed E-state index contributed by atoms with van der Waals surface area (Å²) in [5, 5.41) is 3.06. The molecule has 0 fully saturated rings. The summed E-state index contributed by atoms with van der Waals surface area (Å²) in [4.78, 5) is 12.4. The van der Waals surface area contributed by atoms with Gasteiger partial charge in [0.1, 0.15) is 5.75 Å². The number of rotatable bonds is 6. The average molecular weight is 297 g/mol. The van der Waals surface area contributed by atoms with E-state index >= 15 is 0 Å². The molecule has 3 heteroatoms. The van der Waals surface area contributed by atoms with E-state index < -0.39 is 6.10 Å². The van der Waals surface area contributed by atoms with Gasteiger partial charge in [-0.05, 0) is 37.5 Å². The highest BCUT2D eigenvalue weighted by molar-refractivity contribution is 5.81. The van der Waals surface area contributed by atoms with Crippen molar-refractivity contribution >= 4 is 5.91 Å². The minimum absolute atomic E-state index is 0.0108. The van der Waals surface area contributed by atoms with Gasteiger partial charge in [-0.1, -0.05) is 55.5 Å². The minimum Gasteiger partial charge on any atom is -0.481 e. The van der Waals surface area contributed by atoms with E-state index in [1.807, 2.05) is 61.5 Å². The molecule has 0 aromatic heterocycles. The van der Waals surface area contributed by atoms with Gasteiger partial charge in [-0.3, -0.25) is 4.79 Å². The Bertz CT molecular complexity index is 610. The summed E-state index contributed by atoms with van der Waals surface area (Å²) < 4.78 is 5.78. The number of para-hydroxylation sites is 1. The number of hydrogen-bond donors (Lipinski definition) is 1. The summed E-state index contributed by atoms with van der Waals surface area (Å²) in [5.41, 5.74) is 2.14. The first kappa shape index (κ1) is 16.1. The van der Waals surface area contributed by atoms with E-state index in [9.17, 15) is 4.79 Å². The molecule has 1 amide bonds. The molecule has 0 radical (unpaired) electrons. The van der Waals surface area contributed by atoms with Crippen molar-refractivity contribution in [2.45, 2.75) is 39.3 Å². The Hall–Kier alpha value is -2.29. The molecule has 0 saturated heterocycles. The second-order valence-corrected chi connectivity index (χ2v) is 5.41. The van der Waals surface area contributed by atoms with Crippen LogP contribution in [0.15, 0.2) is 54.6 Å². The lowest BCUT2D eigenvalue weighted by molar-refractivity contribution is -0.128. The van der Waals surface area contributed by atoms with E-state index in [0.717, 1.165) is 23.3 Å². The Balaban J connectivity index is 2.00. The number of carbonyl (C=O) groups excluding carboxylic acids is 1. The van der Waals surface area contributed by atoms with Crippen molar-refractivity contribution in [3.8, 4) is 5.75 Å². The number of aryl methyl sites for hydroxylation is 1. The van der Waals surface area contributed by atoms with Crippen LogP contribution in [0.5, 0.6) is 5.75 Å². The molecule has 0 saturated carbocycles. The Morgan fingerprint density at radius 2 is 1.73 bits per heavy atom. The maximum Gasteiger partial charge on any atom is 0.261 e. The lowest BCUT2D eigenvalue weighted by Gasteiger charge is -2.21. The van der Waals surface area contributed by atoms with Gasteiger partial charge in [0.05, 0.1) is 6.04 Å². The average Bonchev–Trinajstić information content (AvgIpc) is 2.55. The molecule has 22 heavy (non-hydrogen) atoms. The summed E-state index contributed by atoms with van der Waals surface area (Å²) in [5.74, 6) is 0.650. The lowest BCUT2D eigenvalue weighted by atomic mass is 10.0. The zero-order chi connectivity index (χ0) is 15.9. The second-order valence-electron chi connectivity index (χ2n) is 5.41. The second kappa shape index (κ2) is 7.64. The van der Waals surface area contributed by atoms with Crippen LogP contribution in [0, 0.1) is 6.92 Å². The highest BCUT2D eigenvalue weighted by Crippen LogP contribution is 2.19. The Kier molecular flexibility index (Phi) is 5.59. The molecule has 0 aliphatic rings. The largest absolute Gasteiger partial charge is 0.481 e. The SMILES string of the molecule is CC[C@@H](NC(=O)[C@H](C)Oc1ccccc1C)c1ccccc1. The topological polar surface area (TPSA) is 38.3 Å². The monoisotopic (exact) mass is 297 g/mol. The molecule has 2 atom stereocenters. The normalized spacial score (nSPS) is 13.2. The molecular formula is C19H23NO2. The Morgan fingerprint density at radius 3 is 2.36 bits per heavy atom. The lowest BCUT2D eigenvalue weighted by Crippen LogP contribution is -2.38. The van der Waals surface area contributed by atoms with Gasteiger partial charge in [-0.25, -0.2) is 0 Å². The van der Waals surface area contributed by atoms with Gasteiger partial charge in [-0.15, -0.1) is 0 Å². The minimum atomic E-state index is -0.529. The van der Waals surface area contributed by atoms with Crippen LogP contribution >= 0.6 is 0 Å². The third-order valence-electron chi connectivity index (χ3n) is 3.69. The van der Waals surface area contributed by atoms with Gasteiger partial charge in [0.15, 0.2) is 6.10 Å². The molecular weight excluding hydrogens is 274 g/mol. The fourth-order valence-electron chi connectivity index (χ4n) is 2.33. The van der Waals surface area contributed by atoms with Crippen LogP contribution in [0.25, 0.3) is 0 Å². The summed E-state index contributed by atoms with van der Waals surface area (Å²) >= 11 is 0. The van der Waals surface area contributed by atoms with E-state index in [1.54, 1.807) is 6.92 Å². The van der Waals surface area contributed by atoms with Crippen LogP contribution in [0.2, 0.25) is 0 Å². The van der Waals surface area contributed by atoms with Crippen LogP contribution in [0.4, 0.5) is 0 Å². The van der Waals surface area contributed by atoms with E-state index in [4.69, 9.17) is 4.74 Å². The molecule has 2 rings (SSSR count). The van der Waals surface area contributed by atoms with Crippen LogP contribution in [-0.4, -0.2) is 12.0 Å². The van der Waals surface area contributed by atoms with Gasteiger partial charge in [-0.2, -0.15) is 0 Å². The predicted octanol–water partition coefficient (Wildman–Crippen LogP) is 4.03. The molecule has 0 aliphatic carbocycles. The van der Waals surface area contributed by atoms with Crippen molar-refractivity contribution in [3.05, 3.63) is 65.7 Å². The summed E-state index contributed by atoms with van der Waals surface area (Å²) in [6.07, 6.45) is 0.311. The quantitative estimate of drug-likeness (QED) is 0.874. The van der Waals surface area contributed by atoms with Crippen LogP contribution < -0.4 is 10.1 Å². The van der Waals surface area contributed by atoms with Crippen molar-refractivity contribution in [2.24, 2.45) is 0 Å². The van der Waals surface area contributed by atoms with E-state index in [2.05, 4.69) is 12.2 Å². The fraction of sp³-hybridized carbons (Fsp3) is 0.316. The number of amides is 1. The number of benzene rings is 2. The third kappa shape index (κ3) is 4.10. The zero-order valence-electron chi connectivity index (χ0n) is 13.4. The van der Waals surface area contributed by atoms with Gasteiger partial charge < -0.3 is 10.1 Å². The van der Waals surface area contributed by atoms with Gasteiger partial charge in [0.25, 0.3) is 5.91 Å². The maximum absolute atomic E-state index is 12.4. The molecule has 3 nitrogen and oxygen atoms in total. The van der Waals surface area contributed by atoms with Crippen molar-refractivity contribution in [3.63, 3.8) is 0 Å². The highest BCUT2D eigenvalue weighted by atomic mass is 16.5.